The SMILES string of the molecule is COc1cc(Cl)cc(CNc2nccs2)c1OC(C)C. The average molecular weight is 313 g/mol. The molecule has 1 aromatic carbocycles. The Morgan fingerprint density at radius 2 is 2.20 bits per heavy atom. The molecule has 0 fully saturated rings. The van der Waals surface area contributed by atoms with E-state index in [9.17, 15) is 0 Å². The van der Waals surface area contributed by atoms with Gasteiger partial charge in [-0.15, -0.1) is 11.3 Å². The van der Waals surface area contributed by atoms with Crippen LogP contribution in [0.5, 0.6) is 11.5 Å². The van der Waals surface area contributed by atoms with Gasteiger partial charge in [0.15, 0.2) is 16.6 Å². The fourth-order valence-electron chi connectivity index (χ4n) is 1.76. The fourth-order valence-corrected chi connectivity index (χ4v) is 2.52. The summed E-state index contributed by atoms with van der Waals surface area (Å²) in [4.78, 5) is 4.19. The van der Waals surface area contributed by atoms with Gasteiger partial charge in [0.2, 0.25) is 0 Å². The molecular formula is C14H17ClN2O2S. The van der Waals surface area contributed by atoms with Crippen molar-refractivity contribution in [3.63, 3.8) is 0 Å². The summed E-state index contributed by atoms with van der Waals surface area (Å²) in [5.41, 5.74) is 0.943. The van der Waals surface area contributed by atoms with Gasteiger partial charge in [0.05, 0.1) is 13.2 Å². The average Bonchev–Trinajstić information content (AvgIpc) is 2.91. The van der Waals surface area contributed by atoms with Gasteiger partial charge in [-0.25, -0.2) is 4.98 Å². The lowest BCUT2D eigenvalue weighted by atomic mass is 10.1. The summed E-state index contributed by atoms with van der Waals surface area (Å²) in [7, 11) is 1.61. The lowest BCUT2D eigenvalue weighted by Gasteiger charge is -2.18. The van der Waals surface area contributed by atoms with Gasteiger partial charge in [-0.3, -0.25) is 0 Å². The van der Waals surface area contributed by atoms with Crippen molar-refractivity contribution in [1.29, 1.82) is 0 Å². The van der Waals surface area contributed by atoms with Gasteiger partial charge in [0.1, 0.15) is 0 Å². The topological polar surface area (TPSA) is 43.4 Å². The molecule has 2 rings (SSSR count). The predicted molar refractivity (Wildman–Crippen MR) is 83.2 cm³/mol. The van der Waals surface area contributed by atoms with Crippen molar-refractivity contribution in [3.05, 3.63) is 34.3 Å². The van der Waals surface area contributed by atoms with Crippen LogP contribution in [-0.4, -0.2) is 18.2 Å². The lowest BCUT2D eigenvalue weighted by molar-refractivity contribution is 0.228. The molecule has 4 nitrogen and oxygen atoms in total. The van der Waals surface area contributed by atoms with Crippen LogP contribution in [0, 0.1) is 0 Å². The summed E-state index contributed by atoms with van der Waals surface area (Å²) in [6.45, 7) is 4.53. The molecular weight excluding hydrogens is 296 g/mol. The second-order valence-corrected chi connectivity index (χ2v) is 5.78. The van der Waals surface area contributed by atoms with Crippen molar-refractivity contribution in [2.75, 3.05) is 12.4 Å². The van der Waals surface area contributed by atoms with E-state index >= 15 is 0 Å². The van der Waals surface area contributed by atoms with Crippen LogP contribution in [-0.2, 0) is 6.54 Å². The van der Waals surface area contributed by atoms with Crippen LogP contribution in [0.25, 0.3) is 0 Å². The molecule has 1 N–H and O–H groups in total. The first-order valence-electron chi connectivity index (χ1n) is 6.26. The number of halogens is 1. The van der Waals surface area contributed by atoms with Crippen LogP contribution in [0.1, 0.15) is 19.4 Å². The predicted octanol–water partition coefficient (Wildman–Crippen LogP) is 4.20. The van der Waals surface area contributed by atoms with Crippen LogP contribution in [0.15, 0.2) is 23.7 Å². The number of ether oxygens (including phenoxy) is 2. The zero-order chi connectivity index (χ0) is 14.5. The normalized spacial score (nSPS) is 10.7. The highest BCUT2D eigenvalue weighted by Gasteiger charge is 2.14. The molecule has 2 aromatic rings. The van der Waals surface area contributed by atoms with E-state index in [1.807, 2.05) is 25.3 Å². The maximum atomic E-state index is 6.12. The van der Waals surface area contributed by atoms with Gasteiger partial charge < -0.3 is 14.8 Å². The Labute approximate surface area is 127 Å². The molecule has 0 atom stereocenters. The molecule has 1 aromatic heterocycles. The standard InChI is InChI=1S/C14H17ClN2O2S/c1-9(2)19-13-10(6-11(15)7-12(13)18-3)8-17-14-16-4-5-20-14/h4-7,9H,8H2,1-3H3,(H,16,17). The second-order valence-electron chi connectivity index (χ2n) is 4.45. The van der Waals surface area contributed by atoms with Crippen molar-refractivity contribution in [3.8, 4) is 11.5 Å². The summed E-state index contributed by atoms with van der Waals surface area (Å²) in [5, 5.41) is 6.65. The minimum Gasteiger partial charge on any atom is -0.493 e. The molecule has 0 aliphatic carbocycles. The van der Waals surface area contributed by atoms with Crippen molar-refractivity contribution in [2.45, 2.75) is 26.5 Å². The Hall–Kier alpha value is -1.46. The van der Waals surface area contributed by atoms with E-state index < -0.39 is 0 Å². The van der Waals surface area contributed by atoms with Crippen LogP contribution in [0.3, 0.4) is 0 Å². The first-order chi connectivity index (χ1) is 9.60. The molecule has 0 unspecified atom stereocenters. The van der Waals surface area contributed by atoms with E-state index in [1.54, 1.807) is 30.7 Å². The first kappa shape index (κ1) is 14.9. The van der Waals surface area contributed by atoms with E-state index in [2.05, 4.69) is 10.3 Å². The van der Waals surface area contributed by atoms with E-state index in [4.69, 9.17) is 21.1 Å². The zero-order valence-corrected chi connectivity index (χ0v) is 13.2. The number of aromatic nitrogens is 1. The molecule has 1 heterocycles. The van der Waals surface area contributed by atoms with Gasteiger partial charge in [-0.05, 0) is 19.9 Å². The van der Waals surface area contributed by atoms with Crippen molar-refractivity contribution < 1.29 is 9.47 Å². The van der Waals surface area contributed by atoms with Gasteiger partial charge in [-0.2, -0.15) is 0 Å². The maximum absolute atomic E-state index is 6.12. The molecule has 20 heavy (non-hydrogen) atoms. The van der Waals surface area contributed by atoms with Gasteiger partial charge in [-0.1, -0.05) is 11.6 Å². The highest BCUT2D eigenvalue weighted by atomic mass is 35.5. The third-order valence-electron chi connectivity index (χ3n) is 2.53. The molecule has 0 aliphatic heterocycles. The summed E-state index contributed by atoms with van der Waals surface area (Å²) in [6.07, 6.45) is 1.82. The second kappa shape index (κ2) is 6.81. The number of hydrogen-bond acceptors (Lipinski definition) is 5. The minimum absolute atomic E-state index is 0.0590. The number of nitrogens with zero attached hydrogens (tertiary/aromatic N) is 1. The molecule has 0 amide bonds. The fraction of sp³-hybridized carbons (Fsp3) is 0.357. The van der Waals surface area contributed by atoms with E-state index in [-0.39, 0.29) is 6.10 Å². The van der Waals surface area contributed by atoms with Gasteiger partial charge in [0, 0.05) is 34.8 Å². The highest BCUT2D eigenvalue weighted by molar-refractivity contribution is 7.13. The summed E-state index contributed by atoms with van der Waals surface area (Å²) in [6, 6.07) is 3.63. The number of anilines is 1. The van der Waals surface area contributed by atoms with Crippen LogP contribution in [0.4, 0.5) is 5.13 Å². The molecule has 0 aliphatic rings. The number of methoxy groups -OCH3 is 1. The number of benzene rings is 1. The minimum atomic E-state index is 0.0590. The number of nitrogens with one attached hydrogen (secondary N) is 1. The molecule has 0 spiro atoms. The molecule has 0 saturated carbocycles. The van der Waals surface area contributed by atoms with Crippen LogP contribution >= 0.6 is 22.9 Å². The Kier molecular flexibility index (Phi) is 5.09. The molecule has 0 bridgehead atoms. The van der Waals surface area contributed by atoms with Gasteiger partial charge >= 0.3 is 0 Å². The molecule has 0 saturated heterocycles. The third-order valence-corrected chi connectivity index (χ3v) is 3.48. The Bertz CT molecular complexity index is 559. The van der Waals surface area contributed by atoms with E-state index in [0.717, 1.165) is 16.4 Å². The van der Waals surface area contributed by atoms with Crippen molar-refractivity contribution >= 4 is 28.1 Å². The Morgan fingerprint density at radius 1 is 1.40 bits per heavy atom. The Morgan fingerprint density at radius 3 is 2.80 bits per heavy atom. The van der Waals surface area contributed by atoms with E-state index in [0.29, 0.717) is 17.3 Å². The number of rotatable bonds is 6. The summed E-state index contributed by atoms with van der Waals surface area (Å²) < 4.78 is 11.2. The van der Waals surface area contributed by atoms with E-state index in [1.165, 1.54) is 0 Å². The summed E-state index contributed by atoms with van der Waals surface area (Å²) in [5.74, 6) is 1.36. The number of thiazole rings is 1. The first-order valence-corrected chi connectivity index (χ1v) is 7.52. The van der Waals surface area contributed by atoms with Crippen LogP contribution in [0.2, 0.25) is 5.02 Å². The van der Waals surface area contributed by atoms with Crippen molar-refractivity contribution in [1.82, 2.24) is 4.98 Å². The summed E-state index contributed by atoms with van der Waals surface area (Å²) >= 11 is 7.67. The van der Waals surface area contributed by atoms with Gasteiger partial charge in [0.25, 0.3) is 0 Å². The smallest absolute Gasteiger partial charge is 0.182 e. The zero-order valence-electron chi connectivity index (χ0n) is 11.6. The largest absolute Gasteiger partial charge is 0.493 e. The Balaban J connectivity index is 2.26. The molecule has 0 radical (unpaired) electrons. The van der Waals surface area contributed by atoms with Crippen LogP contribution < -0.4 is 14.8 Å². The lowest BCUT2D eigenvalue weighted by Crippen LogP contribution is -2.10. The monoisotopic (exact) mass is 312 g/mol. The quantitative estimate of drug-likeness (QED) is 0.868. The maximum Gasteiger partial charge on any atom is 0.182 e. The number of hydrogen-bond donors (Lipinski definition) is 1. The van der Waals surface area contributed by atoms with Crippen molar-refractivity contribution in [2.24, 2.45) is 0 Å². The molecule has 108 valence electrons. The highest BCUT2D eigenvalue weighted by Crippen LogP contribution is 2.36. The third kappa shape index (κ3) is 3.77. The molecule has 6 heteroatoms.